The van der Waals surface area contributed by atoms with Crippen molar-refractivity contribution < 1.29 is 4.79 Å². The average Bonchev–Trinajstić information content (AvgIpc) is 3.57. The SMILES string of the molecule is CCCCCCNC(=O)Nc1nc(=O)c(/C=C/c2cc(-c3nc4ccccc4n3C)nc(-c3nc4ccccc4n3C)c2)c(C)[nH]1. The Morgan fingerprint density at radius 3 is 2.00 bits per heavy atom. The number of pyridine rings is 1. The molecule has 0 unspecified atom stereocenters. The lowest BCUT2D eigenvalue weighted by atomic mass is 10.1. The van der Waals surface area contributed by atoms with Gasteiger partial charge >= 0.3 is 6.03 Å². The van der Waals surface area contributed by atoms with Crippen molar-refractivity contribution in [3.8, 4) is 23.0 Å². The van der Waals surface area contributed by atoms with Crippen LogP contribution in [0.1, 0.15) is 49.4 Å². The van der Waals surface area contributed by atoms with Crippen molar-refractivity contribution in [2.24, 2.45) is 14.1 Å². The fourth-order valence-electron chi connectivity index (χ4n) is 5.56. The highest BCUT2D eigenvalue weighted by Crippen LogP contribution is 2.29. The number of fused-ring (bicyclic) bond motifs is 2. The molecule has 3 N–H and O–H groups in total. The van der Waals surface area contributed by atoms with Crippen LogP contribution in [0.25, 0.3) is 57.3 Å². The molecule has 11 nitrogen and oxygen atoms in total. The van der Waals surface area contributed by atoms with Crippen LogP contribution < -0.4 is 16.2 Å². The predicted octanol–water partition coefficient (Wildman–Crippen LogP) is 6.45. The smallest absolute Gasteiger partial charge is 0.321 e. The Kier molecular flexibility index (Phi) is 8.73. The third-order valence-corrected chi connectivity index (χ3v) is 8.02. The number of hydrogen-bond acceptors (Lipinski definition) is 6. The number of anilines is 1. The third kappa shape index (κ3) is 6.30. The average molecular weight is 616 g/mol. The van der Waals surface area contributed by atoms with Gasteiger partial charge < -0.3 is 19.4 Å². The van der Waals surface area contributed by atoms with Gasteiger partial charge in [0.15, 0.2) is 11.6 Å². The van der Waals surface area contributed by atoms with Crippen LogP contribution in [-0.2, 0) is 14.1 Å². The molecule has 11 heteroatoms. The zero-order valence-corrected chi connectivity index (χ0v) is 26.5. The topological polar surface area (TPSA) is 135 Å². The Hall–Kier alpha value is -5.58. The van der Waals surface area contributed by atoms with Crippen LogP contribution in [0.5, 0.6) is 0 Å². The van der Waals surface area contributed by atoms with E-state index in [1.54, 1.807) is 13.0 Å². The third-order valence-electron chi connectivity index (χ3n) is 8.02. The zero-order valence-electron chi connectivity index (χ0n) is 26.5. The van der Waals surface area contributed by atoms with Crippen molar-refractivity contribution >= 4 is 46.2 Å². The summed E-state index contributed by atoms with van der Waals surface area (Å²) in [4.78, 5) is 47.3. The van der Waals surface area contributed by atoms with E-state index in [9.17, 15) is 9.59 Å². The second-order valence-corrected chi connectivity index (χ2v) is 11.3. The molecule has 4 heterocycles. The van der Waals surface area contributed by atoms with Crippen molar-refractivity contribution in [3.05, 3.63) is 87.8 Å². The number of rotatable bonds is 10. The van der Waals surface area contributed by atoms with Crippen molar-refractivity contribution in [1.82, 2.24) is 39.4 Å². The van der Waals surface area contributed by atoms with Crippen molar-refractivity contribution in [2.45, 2.75) is 39.5 Å². The van der Waals surface area contributed by atoms with Crippen LogP contribution in [0.4, 0.5) is 10.7 Å². The molecule has 6 rings (SSSR count). The molecule has 0 atom stereocenters. The van der Waals surface area contributed by atoms with E-state index in [0.29, 0.717) is 40.8 Å². The first-order valence-corrected chi connectivity index (χ1v) is 15.5. The number of carbonyl (C=O) groups excluding carboxylic acids is 1. The molecule has 6 aromatic rings. The normalized spacial score (nSPS) is 11.6. The molecular formula is C35H37N9O2. The summed E-state index contributed by atoms with van der Waals surface area (Å²) in [6.07, 6.45) is 7.81. The maximum absolute atomic E-state index is 13.1. The molecule has 46 heavy (non-hydrogen) atoms. The molecule has 4 aromatic heterocycles. The first-order valence-electron chi connectivity index (χ1n) is 15.5. The maximum Gasteiger partial charge on any atom is 0.321 e. The Labute approximate surface area is 266 Å². The van der Waals surface area contributed by atoms with Crippen LogP contribution in [0.3, 0.4) is 0 Å². The summed E-state index contributed by atoms with van der Waals surface area (Å²) in [5.41, 5.74) is 6.41. The maximum atomic E-state index is 13.1. The largest absolute Gasteiger partial charge is 0.338 e. The van der Waals surface area contributed by atoms with Crippen LogP contribution in [0.15, 0.2) is 65.5 Å². The van der Waals surface area contributed by atoms with E-state index in [0.717, 1.165) is 53.3 Å². The highest BCUT2D eigenvalue weighted by molar-refractivity contribution is 5.87. The Morgan fingerprint density at radius 1 is 0.826 bits per heavy atom. The number of unbranched alkanes of at least 4 members (excludes halogenated alkanes) is 3. The van der Waals surface area contributed by atoms with Crippen LogP contribution in [0, 0.1) is 6.92 Å². The van der Waals surface area contributed by atoms with Crippen molar-refractivity contribution in [2.75, 3.05) is 11.9 Å². The minimum Gasteiger partial charge on any atom is -0.338 e. The van der Waals surface area contributed by atoms with Crippen LogP contribution in [0.2, 0.25) is 0 Å². The van der Waals surface area contributed by atoms with Crippen LogP contribution >= 0.6 is 0 Å². The van der Waals surface area contributed by atoms with Gasteiger partial charge in [0, 0.05) is 26.3 Å². The van der Waals surface area contributed by atoms with Gasteiger partial charge in [-0.05, 0) is 61.4 Å². The lowest BCUT2D eigenvalue weighted by Gasteiger charge is -2.09. The number of aryl methyl sites for hydroxylation is 3. The summed E-state index contributed by atoms with van der Waals surface area (Å²) in [7, 11) is 3.95. The number of nitrogens with one attached hydrogen (secondary N) is 3. The minimum atomic E-state index is -0.453. The number of carbonyl (C=O) groups is 1. The first-order chi connectivity index (χ1) is 22.3. The van der Waals surface area contributed by atoms with E-state index in [4.69, 9.17) is 15.0 Å². The van der Waals surface area contributed by atoms with Gasteiger partial charge in [-0.1, -0.05) is 56.5 Å². The van der Waals surface area contributed by atoms with Crippen molar-refractivity contribution in [3.63, 3.8) is 0 Å². The molecule has 2 aromatic carbocycles. The number of hydrogen-bond donors (Lipinski definition) is 3. The number of para-hydroxylation sites is 4. The Morgan fingerprint density at radius 2 is 1.43 bits per heavy atom. The number of aromatic nitrogens is 7. The number of aromatic amines is 1. The summed E-state index contributed by atoms with van der Waals surface area (Å²) < 4.78 is 4.05. The summed E-state index contributed by atoms with van der Waals surface area (Å²) in [6.45, 7) is 4.48. The second kappa shape index (κ2) is 13.2. The molecule has 0 aliphatic heterocycles. The number of amides is 2. The lowest BCUT2D eigenvalue weighted by Crippen LogP contribution is -2.31. The molecule has 234 valence electrons. The summed E-state index contributed by atoms with van der Waals surface area (Å²) in [5.74, 6) is 1.53. The minimum absolute atomic E-state index is 0.0999. The van der Waals surface area contributed by atoms with Crippen molar-refractivity contribution in [1.29, 1.82) is 0 Å². The Balaban J connectivity index is 1.34. The molecule has 2 amide bonds. The standard InChI is InChI=1S/C35H37N9O2/c1-5-6-7-12-19-36-35(46)42-34-37-22(2)24(33(45)41-34)18-17-23-20-27(31-39-25-13-8-10-15-29(25)43(31)3)38-28(21-23)32-40-26-14-9-11-16-30(26)44(32)4/h8-11,13-18,20-21H,5-7,12,19H2,1-4H3,(H3,36,37,41,42,45,46)/b18-17+. The monoisotopic (exact) mass is 615 g/mol. The molecule has 0 aliphatic carbocycles. The van der Waals surface area contributed by atoms with Gasteiger partial charge in [-0.3, -0.25) is 10.1 Å². The fourth-order valence-corrected chi connectivity index (χ4v) is 5.56. The molecule has 0 radical (unpaired) electrons. The van der Waals surface area contributed by atoms with E-state index in [-0.39, 0.29) is 5.95 Å². The molecule has 0 saturated carbocycles. The highest BCUT2D eigenvalue weighted by atomic mass is 16.2. The van der Waals surface area contributed by atoms with Gasteiger partial charge in [0.2, 0.25) is 5.95 Å². The number of urea groups is 1. The molecule has 0 spiro atoms. The first kappa shape index (κ1) is 30.4. The number of nitrogens with zero attached hydrogens (tertiary/aromatic N) is 6. The molecule has 0 saturated heterocycles. The molecule has 0 bridgehead atoms. The summed E-state index contributed by atoms with van der Waals surface area (Å²) in [6, 6.07) is 19.4. The second-order valence-electron chi connectivity index (χ2n) is 11.3. The van der Waals surface area contributed by atoms with E-state index in [1.807, 2.05) is 90.0 Å². The van der Waals surface area contributed by atoms with Gasteiger partial charge in [-0.2, -0.15) is 4.98 Å². The fraction of sp³-hybridized carbons (Fsp3) is 0.257. The zero-order chi connectivity index (χ0) is 32.2. The quantitative estimate of drug-likeness (QED) is 0.152. The van der Waals surface area contributed by atoms with Gasteiger partial charge in [0.05, 0.1) is 27.6 Å². The summed E-state index contributed by atoms with van der Waals surface area (Å²) in [5, 5.41) is 5.44. The molecular weight excluding hydrogens is 578 g/mol. The number of imidazole rings is 2. The van der Waals surface area contributed by atoms with Gasteiger partial charge in [-0.25, -0.2) is 19.7 Å². The highest BCUT2D eigenvalue weighted by Gasteiger charge is 2.17. The molecule has 0 aliphatic rings. The van der Waals surface area contributed by atoms with E-state index < -0.39 is 11.6 Å². The Bertz CT molecular complexity index is 2040. The van der Waals surface area contributed by atoms with Gasteiger partial charge in [-0.15, -0.1) is 0 Å². The van der Waals surface area contributed by atoms with Crippen LogP contribution in [-0.4, -0.2) is 46.6 Å². The summed E-state index contributed by atoms with van der Waals surface area (Å²) >= 11 is 0. The van der Waals surface area contributed by atoms with Gasteiger partial charge in [0.25, 0.3) is 5.56 Å². The molecule has 0 fully saturated rings. The van der Waals surface area contributed by atoms with E-state index in [1.165, 1.54) is 0 Å². The van der Waals surface area contributed by atoms with E-state index in [2.05, 4.69) is 27.5 Å². The van der Waals surface area contributed by atoms with E-state index >= 15 is 0 Å². The number of H-pyrrole nitrogens is 1. The van der Waals surface area contributed by atoms with Gasteiger partial charge in [0.1, 0.15) is 11.4 Å². The lowest BCUT2D eigenvalue weighted by molar-refractivity contribution is 0.251. The number of benzene rings is 2. The predicted molar refractivity (Wildman–Crippen MR) is 183 cm³/mol.